The van der Waals surface area contributed by atoms with Crippen LogP contribution in [0.15, 0.2) is 18.5 Å². The number of hydrogen-bond donors (Lipinski definition) is 1. The second kappa shape index (κ2) is 11.2. The predicted molar refractivity (Wildman–Crippen MR) is 159 cm³/mol. The second-order valence-electron chi connectivity index (χ2n) is 10.9. The summed E-state index contributed by atoms with van der Waals surface area (Å²) in [5.41, 5.74) is 2.82. The molecule has 4 heterocycles. The van der Waals surface area contributed by atoms with Gasteiger partial charge in [0.1, 0.15) is 22.5 Å². The van der Waals surface area contributed by atoms with Crippen LogP contribution in [-0.4, -0.2) is 93.5 Å². The first kappa shape index (κ1) is 26.8. The van der Waals surface area contributed by atoms with Gasteiger partial charge in [-0.05, 0) is 82.5 Å². The Kier molecular flexibility index (Phi) is 7.69. The van der Waals surface area contributed by atoms with E-state index in [0.717, 1.165) is 90.2 Å². The number of aryl methyl sites for hydroxylation is 1. The molecule has 2 aliphatic rings. The molecule has 6 rings (SSSR count). The first-order valence-corrected chi connectivity index (χ1v) is 15.4. The van der Waals surface area contributed by atoms with Crippen LogP contribution >= 0.6 is 34.5 Å². The Morgan fingerprint density at radius 3 is 2.77 bits per heavy atom. The average Bonchev–Trinajstić information content (AvgIpc) is 3.55. The van der Waals surface area contributed by atoms with Crippen LogP contribution in [-0.2, 0) is 17.6 Å². The summed E-state index contributed by atoms with van der Waals surface area (Å²) in [6, 6.07) is 4.35. The van der Waals surface area contributed by atoms with E-state index >= 15 is 0 Å². The molecule has 0 unspecified atom stereocenters. The fourth-order valence-electron chi connectivity index (χ4n) is 5.77. The lowest BCUT2D eigenvalue weighted by molar-refractivity contribution is -0.137. The van der Waals surface area contributed by atoms with E-state index in [2.05, 4.69) is 60.7 Å². The molecule has 0 saturated carbocycles. The second-order valence-corrected chi connectivity index (χ2v) is 13.2. The number of halogens is 1. The SMILES string of the molecule is CN(C)CCN(C)C1CCN(C(=O)[C@H]2CCc3c(sc4ncnc(Nc5cc6snnc6cc5Cl)c34)C2)CC1. The highest BCUT2D eigenvalue weighted by Gasteiger charge is 2.33. The standard InChI is InChI=1S/C27H33ClN8OS2/c1-34(2)10-11-35(3)17-6-8-36(9-7-17)27(37)16-4-5-18-22(12-16)38-26-24(18)25(29-15-30-26)31-20-14-23-21(13-19(20)28)32-33-39-23/h13-17H,4-12H2,1-3H3,(H,29,30,31)/t16-/m0/s1. The Bertz CT molecular complexity index is 1500. The lowest BCUT2D eigenvalue weighted by atomic mass is 9.86. The van der Waals surface area contributed by atoms with E-state index in [4.69, 9.17) is 11.6 Å². The summed E-state index contributed by atoms with van der Waals surface area (Å²) in [6.45, 7) is 3.83. The minimum Gasteiger partial charge on any atom is -0.342 e. The van der Waals surface area contributed by atoms with Gasteiger partial charge in [-0.1, -0.05) is 16.1 Å². The van der Waals surface area contributed by atoms with Crippen molar-refractivity contribution < 1.29 is 4.79 Å². The van der Waals surface area contributed by atoms with Crippen molar-refractivity contribution in [3.63, 3.8) is 0 Å². The zero-order chi connectivity index (χ0) is 27.1. The van der Waals surface area contributed by atoms with Crippen molar-refractivity contribution in [2.24, 2.45) is 5.92 Å². The van der Waals surface area contributed by atoms with Crippen molar-refractivity contribution in [3.05, 3.63) is 33.9 Å². The predicted octanol–water partition coefficient (Wildman–Crippen LogP) is 4.68. The summed E-state index contributed by atoms with van der Waals surface area (Å²) in [5, 5.41) is 9.16. The Labute approximate surface area is 241 Å². The molecule has 39 heavy (non-hydrogen) atoms. The highest BCUT2D eigenvalue weighted by Crippen LogP contribution is 2.42. The van der Waals surface area contributed by atoms with Crippen LogP contribution in [0.25, 0.3) is 20.4 Å². The zero-order valence-electron chi connectivity index (χ0n) is 22.5. The number of hydrogen-bond acceptors (Lipinski definition) is 10. The van der Waals surface area contributed by atoms with Gasteiger partial charge >= 0.3 is 0 Å². The number of anilines is 2. The number of rotatable bonds is 7. The van der Waals surface area contributed by atoms with Gasteiger partial charge in [0.15, 0.2) is 0 Å². The van der Waals surface area contributed by atoms with E-state index in [9.17, 15) is 4.79 Å². The molecule has 1 aliphatic heterocycles. The van der Waals surface area contributed by atoms with Gasteiger partial charge in [0.2, 0.25) is 5.91 Å². The number of benzene rings is 1. The molecule has 0 bridgehead atoms. The molecule has 1 amide bonds. The summed E-state index contributed by atoms with van der Waals surface area (Å²) in [5.74, 6) is 1.10. The number of piperidine rings is 1. The Balaban J connectivity index is 1.15. The van der Waals surface area contributed by atoms with E-state index in [1.165, 1.54) is 22.0 Å². The molecular weight excluding hydrogens is 552 g/mol. The third-order valence-electron chi connectivity index (χ3n) is 8.08. The lowest BCUT2D eigenvalue weighted by Crippen LogP contribution is -2.48. The van der Waals surface area contributed by atoms with Gasteiger partial charge < -0.3 is 20.0 Å². The zero-order valence-corrected chi connectivity index (χ0v) is 24.9. The number of thiophene rings is 1. The summed E-state index contributed by atoms with van der Waals surface area (Å²) in [7, 11) is 6.44. The first-order valence-electron chi connectivity index (χ1n) is 13.4. The smallest absolute Gasteiger partial charge is 0.226 e. The monoisotopic (exact) mass is 584 g/mol. The number of aromatic nitrogens is 4. The van der Waals surface area contributed by atoms with Gasteiger partial charge in [-0.2, -0.15) is 0 Å². The van der Waals surface area contributed by atoms with Gasteiger partial charge in [-0.25, -0.2) is 9.97 Å². The third-order valence-corrected chi connectivity index (χ3v) is 10.2. The van der Waals surface area contributed by atoms with Gasteiger partial charge in [-0.15, -0.1) is 16.4 Å². The van der Waals surface area contributed by atoms with Crippen LogP contribution in [0.2, 0.25) is 5.02 Å². The molecule has 1 fully saturated rings. The fourth-order valence-corrected chi connectivity index (χ4v) is 7.82. The van der Waals surface area contributed by atoms with Gasteiger partial charge in [-0.3, -0.25) is 4.79 Å². The van der Waals surface area contributed by atoms with Gasteiger partial charge in [0.25, 0.3) is 0 Å². The first-order chi connectivity index (χ1) is 18.9. The molecule has 9 nitrogen and oxygen atoms in total. The number of likely N-dealkylation sites (tertiary alicyclic amines) is 1. The molecule has 1 atom stereocenters. The van der Waals surface area contributed by atoms with E-state index in [1.54, 1.807) is 17.7 Å². The number of fused-ring (bicyclic) bond motifs is 4. The van der Waals surface area contributed by atoms with Crippen LogP contribution in [0, 0.1) is 5.92 Å². The number of nitrogens with zero attached hydrogens (tertiary/aromatic N) is 7. The van der Waals surface area contributed by atoms with Gasteiger partial charge in [0, 0.05) is 43.0 Å². The number of carbonyl (C=O) groups excluding carboxylic acids is 1. The Hall–Kier alpha value is -2.44. The van der Waals surface area contributed by atoms with Crippen LogP contribution in [0.4, 0.5) is 11.5 Å². The molecule has 1 aromatic carbocycles. The quantitative estimate of drug-likeness (QED) is 0.335. The van der Waals surface area contributed by atoms with Crippen molar-refractivity contribution in [1.29, 1.82) is 0 Å². The number of carbonyl (C=O) groups is 1. The molecule has 1 aliphatic carbocycles. The van der Waals surface area contributed by atoms with Crippen LogP contribution < -0.4 is 5.32 Å². The third kappa shape index (κ3) is 5.47. The summed E-state index contributed by atoms with van der Waals surface area (Å²) < 4.78 is 4.98. The van der Waals surface area contributed by atoms with Crippen LogP contribution in [0.1, 0.15) is 29.7 Å². The van der Waals surface area contributed by atoms with Crippen LogP contribution in [0.3, 0.4) is 0 Å². The number of nitrogens with one attached hydrogen (secondary N) is 1. The van der Waals surface area contributed by atoms with Crippen molar-refractivity contribution in [1.82, 2.24) is 34.3 Å². The summed E-state index contributed by atoms with van der Waals surface area (Å²) >= 11 is 9.57. The van der Waals surface area contributed by atoms with E-state index < -0.39 is 0 Å². The minimum absolute atomic E-state index is 0.0358. The molecule has 0 spiro atoms. The summed E-state index contributed by atoms with van der Waals surface area (Å²) in [4.78, 5) is 31.7. The highest BCUT2D eigenvalue weighted by atomic mass is 35.5. The average molecular weight is 585 g/mol. The topological polar surface area (TPSA) is 90.4 Å². The molecule has 0 radical (unpaired) electrons. The Morgan fingerprint density at radius 2 is 1.97 bits per heavy atom. The molecule has 206 valence electrons. The van der Waals surface area contributed by atoms with Crippen molar-refractivity contribution in [2.45, 2.75) is 38.1 Å². The maximum Gasteiger partial charge on any atom is 0.226 e. The lowest BCUT2D eigenvalue weighted by Gasteiger charge is -2.38. The van der Waals surface area contributed by atoms with Crippen molar-refractivity contribution in [2.75, 3.05) is 52.6 Å². The summed E-state index contributed by atoms with van der Waals surface area (Å²) in [6.07, 6.45) is 6.17. The molecule has 12 heteroatoms. The van der Waals surface area contributed by atoms with Crippen molar-refractivity contribution in [3.8, 4) is 0 Å². The molecule has 1 saturated heterocycles. The molecule has 4 aromatic rings. The molecular formula is C27H33ClN8OS2. The van der Waals surface area contributed by atoms with E-state index in [-0.39, 0.29) is 5.92 Å². The maximum absolute atomic E-state index is 13.5. The highest BCUT2D eigenvalue weighted by molar-refractivity contribution is 7.19. The number of likely N-dealkylation sites (N-methyl/N-ethyl adjacent to an activating group) is 2. The number of amides is 1. The molecule has 3 aromatic heterocycles. The minimum atomic E-state index is 0.0358. The largest absolute Gasteiger partial charge is 0.342 e. The fraction of sp³-hybridized carbons (Fsp3) is 0.519. The normalized spacial score (nSPS) is 18.4. The maximum atomic E-state index is 13.5. The van der Waals surface area contributed by atoms with E-state index in [1.807, 2.05) is 12.1 Å². The van der Waals surface area contributed by atoms with Gasteiger partial charge in [0.05, 0.1) is 20.8 Å². The van der Waals surface area contributed by atoms with Crippen molar-refractivity contribution >= 4 is 72.3 Å². The Morgan fingerprint density at radius 1 is 1.15 bits per heavy atom. The van der Waals surface area contributed by atoms with Crippen LogP contribution in [0.5, 0.6) is 0 Å². The molecule has 1 N–H and O–H groups in total. The van der Waals surface area contributed by atoms with E-state index in [0.29, 0.717) is 17.0 Å².